The zero-order valence-corrected chi connectivity index (χ0v) is 24.2. The molecule has 3 amide bonds. The van der Waals surface area contributed by atoms with Gasteiger partial charge >= 0.3 is 6.18 Å². The number of alkyl halides is 3. The van der Waals surface area contributed by atoms with Crippen molar-refractivity contribution in [2.24, 2.45) is 18.9 Å². The van der Waals surface area contributed by atoms with Crippen LogP contribution in [0, 0.1) is 11.8 Å². The second-order valence-electron chi connectivity index (χ2n) is 11.8. The fourth-order valence-corrected chi connectivity index (χ4v) is 6.48. The average Bonchev–Trinajstić information content (AvgIpc) is 3.74. The molecule has 5 rings (SSSR count). The third-order valence-corrected chi connectivity index (χ3v) is 9.00. The number of likely N-dealkylation sites (tertiary alicyclic amines) is 2. The molecule has 0 radical (unpaired) electrons. The number of aryl methyl sites for hydroxylation is 1. The number of benzene rings is 1. The van der Waals surface area contributed by atoms with Gasteiger partial charge in [0.05, 0.1) is 29.6 Å². The van der Waals surface area contributed by atoms with Crippen LogP contribution in [0.2, 0.25) is 0 Å². The molecule has 10 nitrogen and oxygen atoms in total. The maximum absolute atomic E-state index is 13.8. The number of piperidine rings is 1. The van der Waals surface area contributed by atoms with Crippen molar-refractivity contribution in [3.05, 3.63) is 30.0 Å². The fourth-order valence-electron chi connectivity index (χ4n) is 6.48. The van der Waals surface area contributed by atoms with Gasteiger partial charge in [-0.1, -0.05) is 6.07 Å². The van der Waals surface area contributed by atoms with Gasteiger partial charge in [-0.25, -0.2) is 0 Å². The molecule has 1 unspecified atom stereocenters. The molecule has 3 fully saturated rings. The lowest BCUT2D eigenvalue weighted by atomic mass is 9.88. The fraction of sp³-hybridized carbons (Fsp3) is 0.655. The third-order valence-electron chi connectivity index (χ3n) is 9.00. The number of nitrogens with zero attached hydrogens (tertiary/aromatic N) is 5. The Labute approximate surface area is 243 Å². The molecule has 4 atom stereocenters. The molecule has 3 saturated heterocycles. The van der Waals surface area contributed by atoms with Crippen molar-refractivity contribution in [2.75, 3.05) is 46.3 Å². The standard InChI is InChI=1S/C29H40F3N7O3/c1-36(12-13-38-10-3-4-11-38)27(41)22-6-5-9-33-25(22)28(42)39-18-21(29(30,31)32)15-24(39)26(40)34-16-19-7-8-23-20(14-19)17-35-37(23)2/h7-8,14,17,21-22,24-25,33H,3-6,9-13,15-16,18H2,1-2H3,(H,34,40)/t21?,22-,24-,25+/m0/s1. The Bertz CT molecular complexity index is 1290. The van der Waals surface area contributed by atoms with Crippen LogP contribution in [0.1, 0.15) is 37.7 Å². The number of halogens is 3. The van der Waals surface area contributed by atoms with Crippen molar-refractivity contribution in [2.45, 2.75) is 56.9 Å². The average molecular weight is 592 g/mol. The second kappa shape index (κ2) is 12.6. The molecule has 230 valence electrons. The molecule has 0 bridgehead atoms. The summed E-state index contributed by atoms with van der Waals surface area (Å²) in [6.45, 7) is 3.25. The molecule has 13 heteroatoms. The van der Waals surface area contributed by atoms with Crippen molar-refractivity contribution in [3.8, 4) is 0 Å². The van der Waals surface area contributed by atoms with E-state index in [1.54, 1.807) is 22.8 Å². The van der Waals surface area contributed by atoms with E-state index in [-0.39, 0.29) is 12.5 Å². The maximum atomic E-state index is 13.8. The monoisotopic (exact) mass is 591 g/mol. The minimum absolute atomic E-state index is 0.101. The first-order chi connectivity index (χ1) is 20.0. The predicted molar refractivity (Wildman–Crippen MR) is 150 cm³/mol. The van der Waals surface area contributed by atoms with Crippen LogP contribution in [-0.4, -0.2) is 107 Å². The van der Waals surface area contributed by atoms with Gasteiger partial charge in [0.2, 0.25) is 17.7 Å². The molecule has 1 aromatic carbocycles. The van der Waals surface area contributed by atoms with E-state index in [0.29, 0.717) is 25.9 Å². The topological polar surface area (TPSA) is 103 Å². The van der Waals surface area contributed by atoms with Gasteiger partial charge in [0.1, 0.15) is 6.04 Å². The molecular formula is C29H40F3N7O3. The lowest BCUT2D eigenvalue weighted by Gasteiger charge is -2.37. The number of fused-ring (bicyclic) bond motifs is 1. The third kappa shape index (κ3) is 6.56. The van der Waals surface area contributed by atoms with Crippen LogP contribution in [0.15, 0.2) is 24.4 Å². The minimum atomic E-state index is -4.55. The van der Waals surface area contributed by atoms with Gasteiger partial charge in [-0.2, -0.15) is 18.3 Å². The number of hydrogen-bond donors (Lipinski definition) is 2. The van der Waals surface area contributed by atoms with E-state index in [9.17, 15) is 27.6 Å². The molecule has 0 aliphatic carbocycles. The van der Waals surface area contributed by atoms with Gasteiger partial charge in [0.15, 0.2) is 0 Å². The summed E-state index contributed by atoms with van der Waals surface area (Å²) in [6, 6.07) is 3.29. The Morgan fingerprint density at radius 1 is 1.17 bits per heavy atom. The number of carbonyl (C=O) groups is 3. The van der Waals surface area contributed by atoms with E-state index in [1.807, 2.05) is 25.2 Å². The normalized spacial score (nSPS) is 25.2. The van der Waals surface area contributed by atoms with Gasteiger partial charge in [-0.05, 0) is 69.4 Å². The van der Waals surface area contributed by atoms with E-state index in [1.165, 1.54) is 0 Å². The van der Waals surface area contributed by atoms with Gasteiger partial charge in [0, 0.05) is 45.7 Å². The van der Waals surface area contributed by atoms with Crippen LogP contribution in [0.5, 0.6) is 0 Å². The number of hydrogen-bond acceptors (Lipinski definition) is 6. The first kappa shape index (κ1) is 30.3. The summed E-state index contributed by atoms with van der Waals surface area (Å²) in [6.07, 6.45) is 0.0590. The van der Waals surface area contributed by atoms with Crippen LogP contribution < -0.4 is 10.6 Å². The quantitative estimate of drug-likeness (QED) is 0.486. The van der Waals surface area contributed by atoms with E-state index >= 15 is 0 Å². The summed E-state index contributed by atoms with van der Waals surface area (Å²) in [5, 5.41) is 10.9. The number of amides is 3. The summed E-state index contributed by atoms with van der Waals surface area (Å²) < 4.78 is 43.3. The molecule has 1 aromatic heterocycles. The van der Waals surface area contributed by atoms with Crippen molar-refractivity contribution < 1.29 is 27.6 Å². The summed E-state index contributed by atoms with van der Waals surface area (Å²) in [4.78, 5) is 45.6. The predicted octanol–water partition coefficient (Wildman–Crippen LogP) is 1.89. The summed E-state index contributed by atoms with van der Waals surface area (Å²) >= 11 is 0. The molecule has 2 aromatic rings. The highest BCUT2D eigenvalue weighted by molar-refractivity contribution is 5.94. The SMILES string of the molecule is CN(CCN1CCCC1)C(=O)[C@H]1CCCN[C@H]1C(=O)N1CC(C(F)(F)F)C[C@H]1C(=O)NCc1ccc2c(cnn2C)c1. The largest absolute Gasteiger partial charge is 0.393 e. The minimum Gasteiger partial charge on any atom is -0.350 e. The van der Waals surface area contributed by atoms with Crippen molar-refractivity contribution in [3.63, 3.8) is 0 Å². The molecule has 0 saturated carbocycles. The lowest BCUT2D eigenvalue weighted by molar-refractivity contribution is -0.171. The molecule has 4 heterocycles. The number of nitrogens with one attached hydrogen (secondary N) is 2. The van der Waals surface area contributed by atoms with E-state index in [2.05, 4.69) is 20.6 Å². The van der Waals surface area contributed by atoms with Gasteiger partial charge in [0.25, 0.3) is 0 Å². The van der Waals surface area contributed by atoms with Gasteiger partial charge in [-0.3, -0.25) is 19.1 Å². The molecule has 0 spiro atoms. The Hall–Kier alpha value is -3.19. The van der Waals surface area contributed by atoms with Crippen molar-refractivity contribution in [1.29, 1.82) is 0 Å². The smallest absolute Gasteiger partial charge is 0.350 e. The first-order valence-electron chi connectivity index (χ1n) is 14.8. The summed E-state index contributed by atoms with van der Waals surface area (Å²) in [7, 11) is 3.53. The zero-order chi connectivity index (χ0) is 30.0. The van der Waals surface area contributed by atoms with E-state index < -0.39 is 54.9 Å². The van der Waals surface area contributed by atoms with E-state index in [0.717, 1.165) is 53.8 Å². The number of carbonyl (C=O) groups excluding carboxylic acids is 3. The number of aromatic nitrogens is 2. The summed E-state index contributed by atoms with van der Waals surface area (Å²) in [5.74, 6) is -3.97. The van der Waals surface area contributed by atoms with Crippen molar-refractivity contribution in [1.82, 2.24) is 35.1 Å². The Morgan fingerprint density at radius 2 is 1.93 bits per heavy atom. The van der Waals surface area contributed by atoms with Gasteiger partial charge < -0.3 is 25.3 Å². The van der Waals surface area contributed by atoms with Gasteiger partial charge in [-0.15, -0.1) is 0 Å². The second-order valence-corrected chi connectivity index (χ2v) is 11.8. The zero-order valence-electron chi connectivity index (χ0n) is 24.2. The first-order valence-corrected chi connectivity index (χ1v) is 14.8. The Balaban J connectivity index is 1.28. The molecule has 3 aliphatic rings. The van der Waals surface area contributed by atoms with Crippen LogP contribution in [0.3, 0.4) is 0 Å². The van der Waals surface area contributed by atoms with Crippen LogP contribution in [0.25, 0.3) is 10.9 Å². The number of likely N-dealkylation sites (N-methyl/N-ethyl adjacent to an activating group) is 1. The van der Waals surface area contributed by atoms with E-state index in [4.69, 9.17) is 0 Å². The maximum Gasteiger partial charge on any atom is 0.393 e. The Morgan fingerprint density at radius 3 is 2.67 bits per heavy atom. The number of rotatable bonds is 8. The lowest BCUT2D eigenvalue weighted by Crippen LogP contribution is -2.59. The highest BCUT2D eigenvalue weighted by atomic mass is 19.4. The van der Waals surface area contributed by atoms with Crippen molar-refractivity contribution >= 4 is 28.6 Å². The highest BCUT2D eigenvalue weighted by Crippen LogP contribution is 2.38. The molecule has 3 aliphatic heterocycles. The highest BCUT2D eigenvalue weighted by Gasteiger charge is 2.52. The molecular weight excluding hydrogens is 551 g/mol. The Kier molecular flexibility index (Phi) is 9.07. The molecule has 42 heavy (non-hydrogen) atoms. The molecule has 2 N–H and O–H groups in total. The summed E-state index contributed by atoms with van der Waals surface area (Å²) in [5.41, 5.74) is 1.68. The van der Waals surface area contributed by atoms with Crippen LogP contribution in [0.4, 0.5) is 13.2 Å². The van der Waals surface area contributed by atoms with Crippen LogP contribution >= 0.6 is 0 Å². The van der Waals surface area contributed by atoms with Crippen LogP contribution in [-0.2, 0) is 28.0 Å².